The summed E-state index contributed by atoms with van der Waals surface area (Å²) in [6.45, 7) is 15.2. The molecule has 1 N–H and O–H groups in total. The van der Waals surface area contributed by atoms with Crippen molar-refractivity contribution < 1.29 is 50.5 Å². The van der Waals surface area contributed by atoms with E-state index in [9.17, 15) is 4.79 Å². The molecule has 0 aromatic heterocycles. The molecular formula is C26H34Cl2HfNOSi. The Morgan fingerprint density at radius 1 is 0.844 bits per heavy atom. The van der Waals surface area contributed by atoms with E-state index in [0.29, 0.717) is 5.92 Å². The molecule has 6 heteroatoms. The van der Waals surface area contributed by atoms with Crippen LogP contribution in [0.5, 0.6) is 0 Å². The molecule has 1 amide bonds. The van der Waals surface area contributed by atoms with Gasteiger partial charge in [-0.25, -0.2) is 0 Å². The first-order chi connectivity index (χ1) is 14.1. The van der Waals surface area contributed by atoms with E-state index in [1.54, 1.807) is 3.33 Å². The molecule has 1 atom stereocenters. The number of amides is 1. The zero-order valence-electron chi connectivity index (χ0n) is 20.1. The number of allylic oxidation sites excluding steroid dienone is 4. The van der Waals surface area contributed by atoms with Crippen molar-refractivity contribution in [2.24, 2.45) is 11.3 Å². The van der Waals surface area contributed by atoms with Crippen molar-refractivity contribution >= 4 is 22.3 Å². The molecule has 0 fully saturated rings. The molecule has 2 aromatic carbocycles. The van der Waals surface area contributed by atoms with Crippen molar-refractivity contribution in [2.75, 3.05) is 0 Å². The van der Waals surface area contributed by atoms with Gasteiger partial charge in [0.1, 0.15) is 0 Å². The minimum absolute atomic E-state index is 0. The average Bonchev–Trinajstić information content (AvgIpc) is 2.91. The van der Waals surface area contributed by atoms with E-state index in [0.717, 1.165) is 0 Å². The van der Waals surface area contributed by atoms with E-state index in [2.05, 4.69) is 91.7 Å². The predicted octanol–water partition coefficient (Wildman–Crippen LogP) is -1.51. The van der Waals surface area contributed by atoms with Crippen LogP contribution in [0.25, 0.3) is 0 Å². The van der Waals surface area contributed by atoms with Gasteiger partial charge in [0.2, 0.25) is 0 Å². The Bertz CT molecular complexity index is 944. The van der Waals surface area contributed by atoms with Crippen LogP contribution in [-0.2, 0) is 25.7 Å². The Morgan fingerprint density at radius 3 is 1.62 bits per heavy atom. The van der Waals surface area contributed by atoms with Crippen LogP contribution in [0, 0.1) is 11.3 Å². The fraction of sp³-hybridized carbons (Fsp3) is 0.346. The summed E-state index contributed by atoms with van der Waals surface area (Å²) >= 11 is -2.82. The van der Waals surface area contributed by atoms with Crippen molar-refractivity contribution in [1.82, 2.24) is 3.30 Å². The Morgan fingerprint density at radius 2 is 1.28 bits per heavy atom. The van der Waals surface area contributed by atoms with Crippen molar-refractivity contribution in [3.8, 4) is 0 Å². The summed E-state index contributed by atoms with van der Waals surface area (Å²) in [6, 6.07) is 22.0. The SMILES string of the molecule is CC1=C(C)C(C)[C]([Hf+2]([NH]C(=O)C(C)(C)C)[SiH](c2ccccc2)c2ccccc2)=C1C.[Cl-].[Cl-]. The molecule has 0 radical (unpaired) electrons. The van der Waals surface area contributed by atoms with Gasteiger partial charge < -0.3 is 24.8 Å². The van der Waals surface area contributed by atoms with Gasteiger partial charge in [-0.2, -0.15) is 0 Å². The first-order valence-electron chi connectivity index (χ1n) is 10.8. The summed E-state index contributed by atoms with van der Waals surface area (Å²) in [5, 5.41) is 2.91. The Balaban J connectivity index is 0.00000256. The zero-order valence-corrected chi connectivity index (χ0v) is 26.4. The van der Waals surface area contributed by atoms with Crippen LogP contribution >= 0.6 is 0 Å². The molecule has 3 rings (SSSR count). The minimum atomic E-state index is -2.82. The summed E-state index contributed by atoms with van der Waals surface area (Å²) in [5.74, 6) is -0.930. The second kappa shape index (κ2) is 12.0. The van der Waals surface area contributed by atoms with Crippen molar-refractivity contribution in [3.05, 3.63) is 80.7 Å². The molecule has 0 bridgehead atoms. The normalized spacial score (nSPS) is 15.9. The molecule has 1 aliphatic carbocycles. The number of hydrogen-bond acceptors (Lipinski definition) is 1. The number of halogens is 2. The van der Waals surface area contributed by atoms with Gasteiger partial charge in [0, 0.05) is 0 Å². The number of carbonyl (C=O) groups excluding carboxylic acids is 1. The Hall–Kier alpha value is -0.943. The second-order valence-corrected chi connectivity index (χ2v) is 28.4. The zero-order chi connectivity index (χ0) is 22.1. The average molecular weight is 654 g/mol. The summed E-state index contributed by atoms with van der Waals surface area (Å²) in [5.41, 5.74) is 3.97. The molecule has 0 saturated heterocycles. The Kier molecular flexibility index (Phi) is 10.9. The molecule has 1 unspecified atom stereocenters. The van der Waals surface area contributed by atoms with Crippen molar-refractivity contribution in [2.45, 2.75) is 48.5 Å². The van der Waals surface area contributed by atoms with Gasteiger partial charge in [0.15, 0.2) is 0 Å². The molecule has 2 aromatic rings. The maximum absolute atomic E-state index is 13.3. The van der Waals surface area contributed by atoms with E-state index in [1.807, 2.05) is 20.8 Å². The Labute approximate surface area is 215 Å². The largest absolute Gasteiger partial charge is 1.00 e. The smallest absolute Gasteiger partial charge is 1.00 e. The molecule has 0 aliphatic heterocycles. The van der Waals surface area contributed by atoms with Crippen LogP contribution in [0.15, 0.2) is 80.7 Å². The fourth-order valence-electron chi connectivity index (χ4n) is 4.22. The van der Waals surface area contributed by atoms with Crippen LogP contribution in [0.3, 0.4) is 0 Å². The van der Waals surface area contributed by atoms with E-state index in [1.165, 1.54) is 27.1 Å². The standard InChI is InChI=1S/C12H11Si.C9H13.C5H11NO.2ClH.Hf/c1-3-7-11(8-4-1)13-12-9-5-2-6-10-12;1-6-5-7(2)9(4)8(6)3;1-5(2,3)4(6)7;;;/h1-10,13H;6H,1-4H3;1-3H3,(H2,6,7);2*1H;/q;;;;;+3/p-3. The van der Waals surface area contributed by atoms with Gasteiger partial charge in [-0.3, -0.25) is 0 Å². The molecule has 171 valence electrons. The number of nitrogens with one attached hydrogen (secondary N) is 1. The third-order valence-electron chi connectivity index (χ3n) is 6.41. The molecule has 32 heavy (non-hydrogen) atoms. The number of carbonyl (C=O) groups is 1. The van der Waals surface area contributed by atoms with E-state index in [4.69, 9.17) is 0 Å². The molecule has 0 saturated carbocycles. The van der Waals surface area contributed by atoms with E-state index >= 15 is 0 Å². The van der Waals surface area contributed by atoms with E-state index < -0.39 is 26.9 Å². The number of rotatable bonds is 5. The second-order valence-electron chi connectivity index (χ2n) is 9.44. The van der Waals surface area contributed by atoms with Crippen LogP contribution in [-0.4, -0.2) is 11.9 Å². The molecule has 0 heterocycles. The van der Waals surface area contributed by atoms with Crippen molar-refractivity contribution in [3.63, 3.8) is 0 Å². The van der Waals surface area contributed by atoms with Crippen LogP contribution < -0.4 is 38.5 Å². The monoisotopic (exact) mass is 654 g/mol. The van der Waals surface area contributed by atoms with Gasteiger partial charge >= 0.3 is 192 Å². The maximum atomic E-state index is 13.3. The first-order valence-corrected chi connectivity index (χ1v) is 22.3. The van der Waals surface area contributed by atoms with Gasteiger partial charge in [-0.05, 0) is 0 Å². The van der Waals surface area contributed by atoms with Crippen LogP contribution in [0.1, 0.15) is 48.5 Å². The van der Waals surface area contributed by atoms with Gasteiger partial charge in [0.25, 0.3) is 0 Å². The third-order valence-corrected chi connectivity index (χ3v) is 33.0. The first kappa shape index (κ1) is 29.1. The number of hydrogen-bond donors (Lipinski definition) is 1. The molecule has 1 aliphatic rings. The summed E-state index contributed by atoms with van der Waals surface area (Å²) in [4.78, 5) is 13.3. The minimum Gasteiger partial charge on any atom is -1.00 e. The maximum Gasteiger partial charge on any atom is -1.00 e. The third kappa shape index (κ3) is 6.14. The number of benzene rings is 2. The molecule has 0 spiro atoms. The summed E-state index contributed by atoms with van der Waals surface area (Å²) in [6.07, 6.45) is 0. The predicted molar refractivity (Wildman–Crippen MR) is 127 cm³/mol. The van der Waals surface area contributed by atoms with Crippen LogP contribution in [0.4, 0.5) is 0 Å². The van der Waals surface area contributed by atoms with Crippen LogP contribution in [0.2, 0.25) is 0 Å². The van der Waals surface area contributed by atoms with Gasteiger partial charge in [-0.1, -0.05) is 0 Å². The summed E-state index contributed by atoms with van der Waals surface area (Å²) in [7, 11) is 0. The molecular weight excluding hydrogens is 620 g/mol. The summed E-state index contributed by atoms with van der Waals surface area (Å²) < 4.78 is 5.36. The van der Waals surface area contributed by atoms with Crippen molar-refractivity contribution in [1.29, 1.82) is 0 Å². The topological polar surface area (TPSA) is 29.1 Å². The molecule has 2 nitrogen and oxygen atoms in total. The van der Waals surface area contributed by atoms with Gasteiger partial charge in [-0.15, -0.1) is 0 Å². The van der Waals surface area contributed by atoms with E-state index in [-0.39, 0.29) is 36.1 Å². The fourth-order valence-corrected chi connectivity index (χ4v) is 35.4. The van der Waals surface area contributed by atoms with Gasteiger partial charge in [0.05, 0.1) is 0 Å². The quantitative estimate of drug-likeness (QED) is 0.391.